The summed E-state index contributed by atoms with van der Waals surface area (Å²) in [4.78, 5) is 14.8. The molecule has 0 aliphatic carbocycles. The van der Waals surface area contributed by atoms with Gasteiger partial charge in [-0.05, 0) is 37.6 Å². The number of benzene rings is 2. The third kappa shape index (κ3) is 2.68. The van der Waals surface area contributed by atoms with Crippen molar-refractivity contribution < 1.29 is 22.7 Å². The van der Waals surface area contributed by atoms with Crippen molar-refractivity contribution in [3.05, 3.63) is 53.6 Å². The van der Waals surface area contributed by atoms with E-state index in [1.165, 1.54) is 4.90 Å². The zero-order valence-corrected chi connectivity index (χ0v) is 17.1. The van der Waals surface area contributed by atoms with E-state index in [1.807, 2.05) is 13.8 Å². The molecule has 1 amide bonds. The summed E-state index contributed by atoms with van der Waals surface area (Å²) in [6.07, 6.45) is 0.407. The van der Waals surface area contributed by atoms with E-state index in [4.69, 9.17) is 9.47 Å². The van der Waals surface area contributed by atoms with Gasteiger partial charge in [0.25, 0.3) is 0 Å². The van der Waals surface area contributed by atoms with Gasteiger partial charge in [0.15, 0.2) is 20.8 Å². The molecule has 0 aromatic heterocycles. The highest BCUT2D eigenvalue weighted by molar-refractivity contribution is 7.92. The number of piperidine rings is 1. The van der Waals surface area contributed by atoms with Crippen LogP contribution >= 0.6 is 0 Å². The predicted octanol–water partition coefficient (Wildman–Crippen LogP) is 2.90. The molecule has 2 bridgehead atoms. The van der Waals surface area contributed by atoms with E-state index in [0.29, 0.717) is 17.9 Å². The van der Waals surface area contributed by atoms with Crippen LogP contribution in [0.4, 0.5) is 0 Å². The lowest BCUT2D eigenvalue weighted by molar-refractivity contribution is -0.159. The molecule has 7 heteroatoms. The van der Waals surface area contributed by atoms with Gasteiger partial charge in [-0.3, -0.25) is 4.79 Å². The van der Waals surface area contributed by atoms with Gasteiger partial charge in [-0.15, -0.1) is 0 Å². The van der Waals surface area contributed by atoms with Crippen LogP contribution in [0.5, 0.6) is 11.5 Å². The fraction of sp³-hybridized carbons (Fsp3) is 0.381. The van der Waals surface area contributed by atoms with Crippen LogP contribution in [0.3, 0.4) is 0 Å². The second kappa shape index (κ2) is 6.24. The van der Waals surface area contributed by atoms with Gasteiger partial charge in [-0.25, -0.2) is 8.42 Å². The molecule has 6 nitrogen and oxygen atoms in total. The Labute approximate surface area is 165 Å². The molecule has 28 heavy (non-hydrogen) atoms. The number of methoxy groups -OCH3 is 1. The molecule has 0 radical (unpaired) electrons. The Morgan fingerprint density at radius 2 is 1.86 bits per heavy atom. The van der Waals surface area contributed by atoms with Crippen LogP contribution in [0.15, 0.2) is 47.4 Å². The number of hydrogen-bond donors (Lipinski definition) is 0. The monoisotopic (exact) mass is 401 g/mol. The lowest BCUT2D eigenvalue weighted by Gasteiger charge is -2.51. The molecule has 2 heterocycles. The molecule has 2 aromatic carbocycles. The Hall–Kier alpha value is -2.54. The first-order valence-electron chi connectivity index (χ1n) is 9.12. The highest BCUT2D eigenvalue weighted by atomic mass is 32.2. The smallest absolute Gasteiger partial charge is 0.244 e. The number of nitrogens with zero attached hydrogens (tertiary/aromatic N) is 1. The molecular formula is C21H23NO5S. The van der Waals surface area contributed by atoms with Crippen molar-refractivity contribution in [2.45, 2.75) is 42.1 Å². The minimum Gasteiger partial charge on any atom is -0.497 e. The van der Waals surface area contributed by atoms with Gasteiger partial charge in [0.05, 0.1) is 12.0 Å². The zero-order valence-electron chi connectivity index (χ0n) is 16.3. The van der Waals surface area contributed by atoms with E-state index in [9.17, 15) is 13.2 Å². The lowest BCUT2D eigenvalue weighted by Crippen LogP contribution is -2.64. The molecule has 4 rings (SSSR count). The molecule has 2 aliphatic heterocycles. The molecule has 0 spiro atoms. The maximum absolute atomic E-state index is 13.5. The summed E-state index contributed by atoms with van der Waals surface area (Å²) in [7, 11) is -0.713. The summed E-state index contributed by atoms with van der Waals surface area (Å²) in [5.74, 6) is 0.242. The first-order chi connectivity index (χ1) is 13.2. The number of fused-ring (bicyclic) bond motifs is 4. The van der Waals surface area contributed by atoms with Crippen molar-refractivity contribution >= 4 is 15.7 Å². The highest BCUT2D eigenvalue weighted by Crippen LogP contribution is 2.50. The molecule has 148 valence electrons. The van der Waals surface area contributed by atoms with E-state index in [-0.39, 0.29) is 4.90 Å². The van der Waals surface area contributed by atoms with Crippen LogP contribution in [0.1, 0.15) is 30.4 Å². The Bertz CT molecular complexity index is 1050. The van der Waals surface area contributed by atoms with Crippen LogP contribution in [-0.4, -0.2) is 44.4 Å². The van der Waals surface area contributed by atoms with Gasteiger partial charge in [0.2, 0.25) is 5.91 Å². The number of ether oxygens (including phenoxy) is 2. The maximum Gasteiger partial charge on any atom is 0.244 e. The molecule has 0 unspecified atom stereocenters. The van der Waals surface area contributed by atoms with Crippen molar-refractivity contribution in [1.29, 1.82) is 0 Å². The van der Waals surface area contributed by atoms with E-state index in [2.05, 4.69) is 0 Å². The zero-order chi connectivity index (χ0) is 20.3. The largest absolute Gasteiger partial charge is 0.497 e. The Kier molecular flexibility index (Phi) is 4.19. The second-order valence-corrected chi connectivity index (χ2v) is 9.74. The third-order valence-electron chi connectivity index (χ3n) is 5.88. The highest BCUT2D eigenvalue weighted by Gasteiger charge is 2.57. The van der Waals surface area contributed by atoms with E-state index >= 15 is 0 Å². The molecule has 1 saturated heterocycles. The molecule has 1 fully saturated rings. The van der Waals surface area contributed by atoms with Crippen molar-refractivity contribution in [2.24, 2.45) is 0 Å². The first-order valence-corrected chi connectivity index (χ1v) is 10.7. The minimum atomic E-state index is -3.87. The standard InChI is InChI=1S/C21H23NO5S/c1-13-5-8-15(9-6-13)28(24,25)19-17-12-21(2,22(3)20(19)23)27-18-11-14(26-4)7-10-16(17)18/h5-11,17,19H,12H2,1-4H3/t17-,19+,21+/m1/s1. The number of carbonyl (C=O) groups is 1. The van der Waals surface area contributed by atoms with Crippen LogP contribution in [0.2, 0.25) is 0 Å². The van der Waals surface area contributed by atoms with E-state index < -0.39 is 32.6 Å². The van der Waals surface area contributed by atoms with Crippen molar-refractivity contribution in [3.63, 3.8) is 0 Å². The number of aryl methyl sites for hydroxylation is 1. The fourth-order valence-electron chi connectivity index (χ4n) is 4.13. The molecule has 2 aliphatic rings. The Morgan fingerprint density at radius 3 is 2.50 bits per heavy atom. The first kappa shape index (κ1) is 18.8. The van der Waals surface area contributed by atoms with Crippen LogP contribution in [0.25, 0.3) is 0 Å². The van der Waals surface area contributed by atoms with Gasteiger partial charge in [0, 0.05) is 25.5 Å². The Morgan fingerprint density at radius 1 is 1.18 bits per heavy atom. The predicted molar refractivity (Wildman–Crippen MR) is 104 cm³/mol. The van der Waals surface area contributed by atoms with Crippen molar-refractivity contribution in [2.75, 3.05) is 14.2 Å². The van der Waals surface area contributed by atoms with E-state index in [1.54, 1.807) is 56.6 Å². The summed E-state index contributed by atoms with van der Waals surface area (Å²) < 4.78 is 38.4. The van der Waals surface area contributed by atoms with Gasteiger partial charge in [0.1, 0.15) is 11.5 Å². The molecular weight excluding hydrogens is 378 g/mol. The minimum absolute atomic E-state index is 0.162. The summed E-state index contributed by atoms with van der Waals surface area (Å²) in [6, 6.07) is 11.9. The second-order valence-electron chi connectivity index (χ2n) is 7.67. The summed E-state index contributed by atoms with van der Waals surface area (Å²) >= 11 is 0. The number of likely N-dealkylation sites (tertiary alicyclic amines) is 1. The number of rotatable bonds is 3. The molecule has 2 aromatic rings. The van der Waals surface area contributed by atoms with Crippen LogP contribution in [-0.2, 0) is 14.6 Å². The SMILES string of the molecule is COc1ccc2c(c1)O[C@@]1(C)C[C@H]2[C@H](S(=O)(=O)c2ccc(C)cc2)C(=O)N1C. The molecule has 0 N–H and O–H groups in total. The summed E-state index contributed by atoms with van der Waals surface area (Å²) in [6.45, 7) is 3.71. The van der Waals surface area contributed by atoms with Gasteiger partial charge < -0.3 is 14.4 Å². The molecule has 3 atom stereocenters. The number of amides is 1. The molecule has 0 saturated carbocycles. The number of sulfone groups is 1. The van der Waals surface area contributed by atoms with Crippen molar-refractivity contribution in [3.8, 4) is 11.5 Å². The average Bonchev–Trinajstić information content (AvgIpc) is 2.66. The van der Waals surface area contributed by atoms with E-state index in [0.717, 1.165) is 11.1 Å². The Balaban J connectivity index is 1.88. The van der Waals surface area contributed by atoms with Gasteiger partial charge in [-0.1, -0.05) is 23.8 Å². The summed E-state index contributed by atoms with van der Waals surface area (Å²) in [5.41, 5.74) is 0.781. The van der Waals surface area contributed by atoms with Gasteiger partial charge >= 0.3 is 0 Å². The van der Waals surface area contributed by atoms with Crippen LogP contribution < -0.4 is 9.47 Å². The number of hydrogen-bond acceptors (Lipinski definition) is 5. The number of carbonyl (C=O) groups excluding carboxylic acids is 1. The van der Waals surface area contributed by atoms with Crippen LogP contribution in [0, 0.1) is 6.92 Å². The third-order valence-corrected chi connectivity index (χ3v) is 8.01. The lowest BCUT2D eigenvalue weighted by atomic mass is 9.80. The topological polar surface area (TPSA) is 72.9 Å². The maximum atomic E-state index is 13.5. The van der Waals surface area contributed by atoms with Crippen molar-refractivity contribution in [1.82, 2.24) is 4.90 Å². The summed E-state index contributed by atoms with van der Waals surface area (Å²) in [5, 5.41) is -1.19. The van der Waals surface area contributed by atoms with Gasteiger partial charge in [-0.2, -0.15) is 0 Å². The normalized spacial score (nSPS) is 26.4. The quantitative estimate of drug-likeness (QED) is 0.791. The fourth-order valence-corrected chi connectivity index (χ4v) is 6.04. The average molecular weight is 401 g/mol.